The normalized spacial score (nSPS) is 16.5. The number of rotatable bonds is 2. The van der Waals surface area contributed by atoms with E-state index >= 15 is 0 Å². The maximum absolute atomic E-state index is 5.62. The van der Waals surface area contributed by atoms with Crippen LogP contribution in [0, 0.1) is 13.8 Å². The van der Waals surface area contributed by atoms with Gasteiger partial charge in [-0.2, -0.15) is 0 Å². The number of aryl methyl sites for hydroxylation is 2. The molecule has 2 aromatic carbocycles. The SMILES string of the molecule is COc1c(C)cc(C)cc1C1C=Cc2ccccc21. The van der Waals surface area contributed by atoms with Gasteiger partial charge in [-0.1, -0.05) is 54.1 Å². The summed E-state index contributed by atoms with van der Waals surface area (Å²) < 4.78 is 5.62. The molecule has 0 N–H and O–H groups in total. The highest BCUT2D eigenvalue weighted by Crippen LogP contribution is 2.40. The third-order valence-electron chi connectivity index (χ3n) is 3.79. The zero-order chi connectivity index (χ0) is 13.4. The summed E-state index contributed by atoms with van der Waals surface area (Å²) in [4.78, 5) is 0. The Hall–Kier alpha value is -2.02. The van der Waals surface area contributed by atoms with Crippen LogP contribution in [0.1, 0.15) is 33.7 Å². The Kier molecular flexibility index (Phi) is 2.90. The molecule has 0 radical (unpaired) electrons. The van der Waals surface area contributed by atoms with Crippen molar-refractivity contribution >= 4 is 6.08 Å². The molecule has 0 aromatic heterocycles. The van der Waals surface area contributed by atoms with E-state index in [1.807, 2.05) is 0 Å². The van der Waals surface area contributed by atoms with Gasteiger partial charge < -0.3 is 4.74 Å². The van der Waals surface area contributed by atoms with Crippen LogP contribution in [0.4, 0.5) is 0 Å². The maximum Gasteiger partial charge on any atom is 0.125 e. The Bertz CT molecular complexity index is 653. The maximum atomic E-state index is 5.62. The van der Waals surface area contributed by atoms with Gasteiger partial charge in [-0.15, -0.1) is 0 Å². The molecular formula is C18H18O. The summed E-state index contributed by atoms with van der Waals surface area (Å²) in [5, 5.41) is 0. The van der Waals surface area contributed by atoms with E-state index in [0.717, 1.165) is 5.75 Å². The molecule has 0 saturated carbocycles. The summed E-state index contributed by atoms with van der Waals surface area (Å²) in [6.07, 6.45) is 4.47. The fraction of sp³-hybridized carbons (Fsp3) is 0.222. The van der Waals surface area contributed by atoms with Gasteiger partial charge in [0.1, 0.15) is 5.75 Å². The summed E-state index contributed by atoms with van der Waals surface area (Å²) in [5.41, 5.74) is 6.43. The number of allylic oxidation sites excluding steroid dienone is 1. The molecular weight excluding hydrogens is 232 g/mol. The van der Waals surface area contributed by atoms with E-state index in [1.54, 1.807) is 7.11 Å². The standard InChI is InChI=1S/C18H18O/c1-12-10-13(2)18(19-3)17(11-12)16-9-8-14-6-4-5-7-15(14)16/h4-11,16H,1-3H3. The predicted octanol–water partition coefficient (Wildman–Crippen LogP) is 4.47. The van der Waals surface area contributed by atoms with Gasteiger partial charge >= 0.3 is 0 Å². The van der Waals surface area contributed by atoms with E-state index in [-0.39, 0.29) is 0 Å². The van der Waals surface area contributed by atoms with E-state index in [2.05, 4.69) is 62.4 Å². The summed E-state index contributed by atoms with van der Waals surface area (Å²) >= 11 is 0. The van der Waals surface area contributed by atoms with Crippen molar-refractivity contribution in [2.24, 2.45) is 0 Å². The average Bonchev–Trinajstić information content (AvgIpc) is 2.81. The molecule has 1 unspecified atom stereocenters. The van der Waals surface area contributed by atoms with Crippen LogP contribution in [0.2, 0.25) is 0 Å². The highest BCUT2D eigenvalue weighted by molar-refractivity contribution is 5.67. The largest absolute Gasteiger partial charge is 0.496 e. The lowest BCUT2D eigenvalue weighted by Crippen LogP contribution is -2.02. The van der Waals surface area contributed by atoms with Crippen LogP contribution in [0.25, 0.3) is 6.08 Å². The van der Waals surface area contributed by atoms with Crippen molar-refractivity contribution in [3.63, 3.8) is 0 Å². The Balaban J connectivity index is 2.17. The van der Waals surface area contributed by atoms with E-state index < -0.39 is 0 Å². The summed E-state index contributed by atoms with van der Waals surface area (Å²) in [7, 11) is 1.76. The Morgan fingerprint density at radius 2 is 1.79 bits per heavy atom. The molecule has 0 aliphatic heterocycles. The number of ether oxygens (including phenoxy) is 1. The summed E-state index contributed by atoms with van der Waals surface area (Å²) in [6.45, 7) is 4.25. The number of benzene rings is 2. The van der Waals surface area contributed by atoms with Crippen molar-refractivity contribution in [1.29, 1.82) is 0 Å². The molecule has 0 amide bonds. The molecule has 1 aliphatic rings. The molecule has 2 aromatic rings. The van der Waals surface area contributed by atoms with Gasteiger partial charge in [-0.3, -0.25) is 0 Å². The molecule has 0 bridgehead atoms. The minimum atomic E-state index is 0.310. The molecule has 0 spiro atoms. The monoisotopic (exact) mass is 250 g/mol. The lowest BCUT2D eigenvalue weighted by molar-refractivity contribution is 0.406. The first-order chi connectivity index (χ1) is 9.20. The second-order valence-electron chi connectivity index (χ2n) is 5.17. The van der Waals surface area contributed by atoms with Crippen LogP contribution < -0.4 is 4.74 Å². The van der Waals surface area contributed by atoms with E-state index in [0.29, 0.717) is 5.92 Å². The molecule has 1 aliphatic carbocycles. The minimum absolute atomic E-state index is 0.310. The smallest absolute Gasteiger partial charge is 0.125 e. The molecule has 96 valence electrons. The number of hydrogen-bond acceptors (Lipinski definition) is 1. The molecule has 0 saturated heterocycles. The van der Waals surface area contributed by atoms with E-state index in [9.17, 15) is 0 Å². The van der Waals surface area contributed by atoms with Gasteiger partial charge in [0.15, 0.2) is 0 Å². The highest BCUT2D eigenvalue weighted by Gasteiger charge is 2.22. The molecule has 0 heterocycles. The van der Waals surface area contributed by atoms with Crippen LogP contribution in [-0.2, 0) is 0 Å². The molecule has 0 fully saturated rings. The fourth-order valence-electron chi connectivity index (χ4n) is 3.02. The van der Waals surface area contributed by atoms with Crippen molar-refractivity contribution in [2.45, 2.75) is 19.8 Å². The van der Waals surface area contributed by atoms with Crippen molar-refractivity contribution < 1.29 is 4.74 Å². The quantitative estimate of drug-likeness (QED) is 0.764. The predicted molar refractivity (Wildman–Crippen MR) is 79.8 cm³/mol. The molecule has 19 heavy (non-hydrogen) atoms. The number of fused-ring (bicyclic) bond motifs is 1. The van der Waals surface area contributed by atoms with Gasteiger partial charge in [0, 0.05) is 11.5 Å². The average molecular weight is 250 g/mol. The molecule has 1 nitrogen and oxygen atoms in total. The van der Waals surface area contributed by atoms with Gasteiger partial charge in [0.25, 0.3) is 0 Å². The first-order valence-corrected chi connectivity index (χ1v) is 6.63. The van der Waals surface area contributed by atoms with Crippen LogP contribution in [0.3, 0.4) is 0 Å². The topological polar surface area (TPSA) is 9.23 Å². The Labute approximate surface area is 114 Å². The third-order valence-corrected chi connectivity index (χ3v) is 3.79. The van der Waals surface area contributed by atoms with Gasteiger partial charge in [0.05, 0.1) is 7.11 Å². The van der Waals surface area contributed by atoms with Gasteiger partial charge in [-0.05, 0) is 30.5 Å². The van der Waals surface area contributed by atoms with E-state index in [4.69, 9.17) is 4.74 Å². The van der Waals surface area contributed by atoms with Gasteiger partial charge in [0.2, 0.25) is 0 Å². The van der Waals surface area contributed by atoms with Crippen molar-refractivity contribution in [1.82, 2.24) is 0 Å². The zero-order valence-electron chi connectivity index (χ0n) is 11.6. The highest BCUT2D eigenvalue weighted by atomic mass is 16.5. The van der Waals surface area contributed by atoms with Crippen LogP contribution in [0.5, 0.6) is 5.75 Å². The lowest BCUT2D eigenvalue weighted by atomic mass is 9.90. The van der Waals surface area contributed by atoms with Gasteiger partial charge in [-0.25, -0.2) is 0 Å². The molecule has 1 atom stereocenters. The first kappa shape index (κ1) is 12.0. The number of hydrogen-bond donors (Lipinski definition) is 0. The summed E-state index contributed by atoms with van der Waals surface area (Å²) in [6, 6.07) is 13.0. The van der Waals surface area contributed by atoms with Crippen LogP contribution >= 0.6 is 0 Å². The Morgan fingerprint density at radius 1 is 1.00 bits per heavy atom. The minimum Gasteiger partial charge on any atom is -0.496 e. The first-order valence-electron chi connectivity index (χ1n) is 6.63. The number of methoxy groups -OCH3 is 1. The Morgan fingerprint density at radius 3 is 2.58 bits per heavy atom. The van der Waals surface area contributed by atoms with Crippen LogP contribution in [-0.4, -0.2) is 7.11 Å². The molecule has 3 rings (SSSR count). The fourth-order valence-corrected chi connectivity index (χ4v) is 3.02. The molecule has 1 heteroatoms. The third kappa shape index (κ3) is 1.95. The van der Waals surface area contributed by atoms with Crippen molar-refractivity contribution in [2.75, 3.05) is 7.11 Å². The van der Waals surface area contributed by atoms with Crippen molar-refractivity contribution in [3.05, 3.63) is 70.3 Å². The van der Waals surface area contributed by atoms with Crippen LogP contribution in [0.15, 0.2) is 42.5 Å². The second kappa shape index (κ2) is 4.58. The van der Waals surface area contributed by atoms with Crippen molar-refractivity contribution in [3.8, 4) is 5.75 Å². The summed E-state index contributed by atoms with van der Waals surface area (Å²) in [5.74, 6) is 1.32. The van der Waals surface area contributed by atoms with E-state index in [1.165, 1.54) is 27.8 Å². The second-order valence-corrected chi connectivity index (χ2v) is 5.17. The zero-order valence-corrected chi connectivity index (χ0v) is 11.6. The lowest BCUT2D eigenvalue weighted by Gasteiger charge is -2.18.